The first-order chi connectivity index (χ1) is 6.75. The number of rotatable bonds is 3. The summed E-state index contributed by atoms with van der Waals surface area (Å²) in [6.45, 7) is 5.35. The highest BCUT2D eigenvalue weighted by Crippen LogP contribution is 2.31. The van der Waals surface area contributed by atoms with Gasteiger partial charge in [-0.3, -0.25) is 0 Å². The SMILES string of the molecule is Cc1nsc(NCC2CCCC2C)n1. The molecule has 4 heteroatoms. The molecule has 1 aliphatic carbocycles. The number of aryl methyl sites for hydroxylation is 1. The zero-order chi connectivity index (χ0) is 9.97. The van der Waals surface area contributed by atoms with Crippen LogP contribution >= 0.6 is 11.5 Å². The maximum Gasteiger partial charge on any atom is 0.202 e. The zero-order valence-corrected chi connectivity index (χ0v) is 9.60. The first-order valence-electron chi connectivity index (χ1n) is 5.30. The first-order valence-corrected chi connectivity index (χ1v) is 6.07. The molecule has 3 nitrogen and oxygen atoms in total. The van der Waals surface area contributed by atoms with Gasteiger partial charge in [0.05, 0.1) is 0 Å². The Kier molecular flexibility index (Phi) is 3.01. The Balaban J connectivity index is 1.82. The van der Waals surface area contributed by atoms with Crippen LogP contribution in [-0.2, 0) is 0 Å². The molecule has 1 aromatic heterocycles. The van der Waals surface area contributed by atoms with Gasteiger partial charge >= 0.3 is 0 Å². The number of aromatic nitrogens is 2. The summed E-state index contributed by atoms with van der Waals surface area (Å²) in [7, 11) is 0. The van der Waals surface area contributed by atoms with E-state index in [0.29, 0.717) is 0 Å². The minimum absolute atomic E-state index is 0.833. The third kappa shape index (κ3) is 2.23. The molecule has 2 atom stereocenters. The molecule has 0 aliphatic heterocycles. The van der Waals surface area contributed by atoms with Crippen LogP contribution in [0.5, 0.6) is 0 Å². The molecule has 0 radical (unpaired) electrons. The second-order valence-electron chi connectivity index (χ2n) is 4.20. The lowest BCUT2D eigenvalue weighted by Crippen LogP contribution is -2.16. The molecule has 1 fully saturated rings. The van der Waals surface area contributed by atoms with Crippen molar-refractivity contribution in [1.29, 1.82) is 0 Å². The third-order valence-corrected chi connectivity index (χ3v) is 3.85. The van der Waals surface area contributed by atoms with Crippen molar-refractivity contribution in [1.82, 2.24) is 9.36 Å². The normalized spacial score (nSPS) is 26.7. The van der Waals surface area contributed by atoms with Crippen LogP contribution in [0.3, 0.4) is 0 Å². The molecule has 1 heterocycles. The summed E-state index contributed by atoms with van der Waals surface area (Å²) in [6.07, 6.45) is 4.15. The highest BCUT2D eigenvalue weighted by molar-refractivity contribution is 7.09. The summed E-state index contributed by atoms with van der Waals surface area (Å²) in [5.74, 6) is 2.58. The summed E-state index contributed by atoms with van der Waals surface area (Å²) < 4.78 is 4.15. The van der Waals surface area contributed by atoms with Crippen LogP contribution in [0.4, 0.5) is 5.13 Å². The number of nitrogens with zero attached hydrogens (tertiary/aromatic N) is 2. The van der Waals surface area contributed by atoms with Gasteiger partial charge in [0.1, 0.15) is 5.82 Å². The van der Waals surface area contributed by atoms with Crippen LogP contribution in [-0.4, -0.2) is 15.9 Å². The predicted octanol–water partition coefficient (Wildman–Crippen LogP) is 2.69. The molecule has 2 rings (SSSR count). The second kappa shape index (κ2) is 4.26. The smallest absolute Gasteiger partial charge is 0.202 e. The van der Waals surface area contributed by atoms with Gasteiger partial charge in [0.15, 0.2) is 0 Å². The quantitative estimate of drug-likeness (QED) is 0.835. The second-order valence-corrected chi connectivity index (χ2v) is 4.95. The molecule has 1 N–H and O–H groups in total. The van der Waals surface area contributed by atoms with Gasteiger partial charge in [-0.25, -0.2) is 4.98 Å². The summed E-state index contributed by atoms with van der Waals surface area (Å²) in [4.78, 5) is 4.29. The lowest BCUT2D eigenvalue weighted by Gasteiger charge is -2.14. The molecule has 1 saturated carbocycles. The maximum atomic E-state index is 4.29. The van der Waals surface area contributed by atoms with Gasteiger partial charge in [-0.2, -0.15) is 4.37 Å². The molecule has 2 unspecified atom stereocenters. The van der Waals surface area contributed by atoms with E-state index in [4.69, 9.17) is 0 Å². The van der Waals surface area contributed by atoms with Crippen molar-refractivity contribution in [3.63, 3.8) is 0 Å². The van der Waals surface area contributed by atoms with Crippen molar-refractivity contribution in [2.75, 3.05) is 11.9 Å². The van der Waals surface area contributed by atoms with Crippen LogP contribution in [0.25, 0.3) is 0 Å². The number of hydrogen-bond donors (Lipinski definition) is 1. The van der Waals surface area contributed by atoms with Crippen molar-refractivity contribution in [3.8, 4) is 0 Å². The largest absolute Gasteiger partial charge is 0.360 e. The molecule has 0 saturated heterocycles. The van der Waals surface area contributed by atoms with E-state index in [-0.39, 0.29) is 0 Å². The fourth-order valence-electron chi connectivity index (χ4n) is 2.11. The Hall–Kier alpha value is -0.640. The van der Waals surface area contributed by atoms with Crippen molar-refractivity contribution < 1.29 is 0 Å². The minimum Gasteiger partial charge on any atom is -0.360 e. The van der Waals surface area contributed by atoms with Crippen LogP contribution in [0.15, 0.2) is 0 Å². The summed E-state index contributed by atoms with van der Waals surface area (Å²) >= 11 is 1.46. The Morgan fingerprint density at radius 1 is 1.50 bits per heavy atom. The van der Waals surface area contributed by atoms with E-state index in [1.54, 1.807) is 0 Å². The molecule has 0 aromatic carbocycles. The molecule has 1 aromatic rings. The molecule has 0 amide bonds. The first kappa shape index (κ1) is 9.90. The predicted molar refractivity (Wildman–Crippen MR) is 59.6 cm³/mol. The van der Waals surface area contributed by atoms with Gasteiger partial charge in [-0.05, 0) is 25.2 Å². The maximum absolute atomic E-state index is 4.29. The summed E-state index contributed by atoms with van der Waals surface area (Å²) in [5, 5.41) is 4.36. The van der Waals surface area contributed by atoms with Crippen LogP contribution in [0.2, 0.25) is 0 Å². The molecule has 78 valence electrons. The average molecular weight is 211 g/mol. The Morgan fingerprint density at radius 2 is 2.36 bits per heavy atom. The van der Waals surface area contributed by atoms with Gasteiger partial charge in [0, 0.05) is 18.1 Å². The van der Waals surface area contributed by atoms with Crippen molar-refractivity contribution >= 4 is 16.7 Å². The van der Waals surface area contributed by atoms with Gasteiger partial charge in [-0.15, -0.1) is 0 Å². The Morgan fingerprint density at radius 3 is 2.93 bits per heavy atom. The molecule has 0 bridgehead atoms. The summed E-state index contributed by atoms with van der Waals surface area (Å²) in [5.41, 5.74) is 0. The molecular formula is C10H17N3S. The Bertz CT molecular complexity index is 297. The Labute approximate surface area is 89.1 Å². The number of hydrogen-bond acceptors (Lipinski definition) is 4. The lowest BCUT2D eigenvalue weighted by atomic mass is 9.98. The van der Waals surface area contributed by atoms with E-state index in [9.17, 15) is 0 Å². The molecule has 0 spiro atoms. The van der Waals surface area contributed by atoms with E-state index in [1.807, 2.05) is 6.92 Å². The fourth-order valence-corrected chi connectivity index (χ4v) is 2.69. The van der Waals surface area contributed by atoms with Gasteiger partial charge in [0.2, 0.25) is 5.13 Å². The van der Waals surface area contributed by atoms with E-state index in [2.05, 4.69) is 21.6 Å². The molecular weight excluding hydrogens is 194 g/mol. The van der Waals surface area contributed by atoms with Crippen molar-refractivity contribution in [2.24, 2.45) is 11.8 Å². The fraction of sp³-hybridized carbons (Fsp3) is 0.800. The minimum atomic E-state index is 0.833. The van der Waals surface area contributed by atoms with Gasteiger partial charge in [0.25, 0.3) is 0 Å². The van der Waals surface area contributed by atoms with Crippen LogP contribution < -0.4 is 5.32 Å². The van der Waals surface area contributed by atoms with Crippen molar-refractivity contribution in [2.45, 2.75) is 33.1 Å². The zero-order valence-electron chi connectivity index (χ0n) is 8.79. The topological polar surface area (TPSA) is 37.8 Å². The highest BCUT2D eigenvalue weighted by Gasteiger charge is 2.22. The lowest BCUT2D eigenvalue weighted by molar-refractivity contribution is 0.439. The van der Waals surface area contributed by atoms with E-state index >= 15 is 0 Å². The standard InChI is InChI=1S/C10H17N3S/c1-7-4-3-5-9(7)6-11-10-12-8(2)13-14-10/h7,9H,3-6H2,1-2H3,(H,11,12,13). The van der Waals surface area contributed by atoms with E-state index in [1.165, 1.54) is 30.8 Å². The van der Waals surface area contributed by atoms with Crippen LogP contribution in [0, 0.1) is 18.8 Å². The third-order valence-electron chi connectivity index (χ3n) is 3.08. The monoisotopic (exact) mass is 211 g/mol. The van der Waals surface area contributed by atoms with E-state index in [0.717, 1.165) is 29.3 Å². The van der Waals surface area contributed by atoms with E-state index < -0.39 is 0 Å². The van der Waals surface area contributed by atoms with Crippen molar-refractivity contribution in [3.05, 3.63) is 5.82 Å². The average Bonchev–Trinajstić information content (AvgIpc) is 2.72. The highest BCUT2D eigenvalue weighted by atomic mass is 32.1. The van der Waals surface area contributed by atoms with Crippen LogP contribution in [0.1, 0.15) is 32.0 Å². The molecule has 1 aliphatic rings. The molecule has 14 heavy (non-hydrogen) atoms. The number of anilines is 1. The summed E-state index contributed by atoms with van der Waals surface area (Å²) in [6, 6.07) is 0. The van der Waals surface area contributed by atoms with Gasteiger partial charge < -0.3 is 5.32 Å². The van der Waals surface area contributed by atoms with Gasteiger partial charge in [-0.1, -0.05) is 19.8 Å². The number of nitrogens with one attached hydrogen (secondary N) is 1.